The van der Waals surface area contributed by atoms with Crippen LogP contribution in [0.3, 0.4) is 0 Å². The first-order chi connectivity index (χ1) is 6.83. The van der Waals surface area contributed by atoms with Gasteiger partial charge in [-0.3, -0.25) is 0 Å². The van der Waals surface area contributed by atoms with Crippen LogP contribution in [0.25, 0.3) is 0 Å². The third-order valence-electron chi connectivity index (χ3n) is 2.57. The topological polar surface area (TPSA) is 26.3 Å². The predicted molar refractivity (Wildman–Crippen MR) is 57.3 cm³/mol. The highest BCUT2D eigenvalue weighted by Crippen LogP contribution is 2.34. The summed E-state index contributed by atoms with van der Waals surface area (Å²) in [7, 11) is 0. The van der Waals surface area contributed by atoms with Crippen LogP contribution in [-0.4, -0.2) is 19.0 Å². The fourth-order valence-electron chi connectivity index (χ4n) is 1.85. The van der Waals surface area contributed by atoms with Gasteiger partial charge >= 0.3 is 0 Å². The lowest BCUT2D eigenvalue weighted by atomic mass is 9.93. The van der Waals surface area contributed by atoms with E-state index in [-0.39, 0.29) is 12.0 Å². The minimum absolute atomic E-state index is 0.211. The van der Waals surface area contributed by atoms with Gasteiger partial charge in [0.1, 0.15) is 12.4 Å². The minimum Gasteiger partial charge on any atom is -0.370 e. The largest absolute Gasteiger partial charge is 0.370 e. The van der Waals surface area contributed by atoms with E-state index in [0.717, 1.165) is 17.2 Å². The van der Waals surface area contributed by atoms with E-state index in [0.29, 0.717) is 6.61 Å². The molecule has 1 aliphatic rings. The molecule has 0 spiro atoms. The number of carbonyl (C=O) groups excluding carboxylic acids is 1. The van der Waals surface area contributed by atoms with Crippen LogP contribution in [0.5, 0.6) is 0 Å². The molecule has 1 fully saturated rings. The van der Waals surface area contributed by atoms with Crippen molar-refractivity contribution in [3.8, 4) is 0 Å². The molecule has 1 aliphatic heterocycles. The van der Waals surface area contributed by atoms with Gasteiger partial charge in [-0.1, -0.05) is 34.1 Å². The van der Waals surface area contributed by atoms with Crippen molar-refractivity contribution in [3.63, 3.8) is 0 Å². The third kappa shape index (κ3) is 1.74. The summed E-state index contributed by atoms with van der Waals surface area (Å²) in [4.78, 5) is 10.8. The summed E-state index contributed by atoms with van der Waals surface area (Å²) in [5, 5.41) is 0. The lowest BCUT2D eigenvalue weighted by molar-refractivity contribution is -0.116. The highest BCUT2D eigenvalue weighted by Gasteiger charge is 2.30. The van der Waals surface area contributed by atoms with Crippen LogP contribution in [0.4, 0.5) is 0 Å². The first kappa shape index (κ1) is 9.87. The van der Waals surface area contributed by atoms with Gasteiger partial charge < -0.3 is 9.53 Å². The molecule has 0 amide bonds. The number of aldehydes is 1. The number of rotatable bonds is 2. The maximum Gasteiger partial charge on any atom is 0.149 e. The summed E-state index contributed by atoms with van der Waals surface area (Å²) in [5.41, 5.74) is 1.17. The molecule has 14 heavy (non-hydrogen) atoms. The minimum atomic E-state index is -0.270. The van der Waals surface area contributed by atoms with Crippen molar-refractivity contribution < 1.29 is 9.53 Å². The van der Waals surface area contributed by atoms with Crippen molar-refractivity contribution in [1.29, 1.82) is 0 Å². The zero-order valence-corrected chi connectivity index (χ0v) is 9.24. The van der Waals surface area contributed by atoms with Crippen molar-refractivity contribution in [2.75, 3.05) is 6.61 Å². The van der Waals surface area contributed by atoms with Gasteiger partial charge in [-0.15, -0.1) is 0 Å². The van der Waals surface area contributed by atoms with E-state index < -0.39 is 0 Å². The molecule has 0 saturated carbocycles. The van der Waals surface area contributed by atoms with Crippen LogP contribution in [-0.2, 0) is 9.53 Å². The summed E-state index contributed by atoms with van der Waals surface area (Å²) in [6, 6.07) is 8.00. The first-order valence-corrected chi connectivity index (χ1v) is 5.43. The van der Waals surface area contributed by atoms with E-state index in [2.05, 4.69) is 15.9 Å². The normalized spacial score (nSPS) is 26.4. The highest BCUT2D eigenvalue weighted by atomic mass is 79.9. The number of benzene rings is 1. The quantitative estimate of drug-likeness (QED) is 0.759. The van der Waals surface area contributed by atoms with Crippen molar-refractivity contribution in [2.24, 2.45) is 0 Å². The fraction of sp³-hybridized carbons (Fsp3) is 0.364. The van der Waals surface area contributed by atoms with E-state index in [1.165, 1.54) is 5.56 Å². The van der Waals surface area contributed by atoms with Crippen LogP contribution < -0.4 is 0 Å². The van der Waals surface area contributed by atoms with E-state index in [9.17, 15) is 4.79 Å². The van der Waals surface area contributed by atoms with Crippen molar-refractivity contribution >= 4 is 22.2 Å². The van der Waals surface area contributed by atoms with Gasteiger partial charge in [0.15, 0.2) is 0 Å². The van der Waals surface area contributed by atoms with Gasteiger partial charge in [0, 0.05) is 17.0 Å². The Balaban J connectivity index is 2.30. The third-order valence-corrected chi connectivity index (χ3v) is 3.30. The SMILES string of the molecule is O=CC1OCCC1c1ccccc1Br. The Morgan fingerprint density at radius 3 is 2.93 bits per heavy atom. The van der Waals surface area contributed by atoms with Crippen molar-refractivity contribution in [1.82, 2.24) is 0 Å². The zero-order chi connectivity index (χ0) is 9.97. The molecule has 2 atom stereocenters. The lowest BCUT2D eigenvalue weighted by Gasteiger charge is -2.14. The van der Waals surface area contributed by atoms with Crippen molar-refractivity contribution in [2.45, 2.75) is 18.4 Å². The molecule has 0 N–H and O–H groups in total. The van der Waals surface area contributed by atoms with Gasteiger partial charge in [-0.05, 0) is 18.1 Å². The number of hydrogen-bond acceptors (Lipinski definition) is 2. The molecule has 1 aromatic carbocycles. The second kappa shape index (κ2) is 4.24. The smallest absolute Gasteiger partial charge is 0.149 e. The molecular formula is C11H11BrO2. The number of ether oxygens (including phenoxy) is 1. The molecule has 2 nitrogen and oxygen atoms in total. The summed E-state index contributed by atoms with van der Waals surface area (Å²) < 4.78 is 6.39. The van der Waals surface area contributed by atoms with E-state index in [1.807, 2.05) is 24.3 Å². The molecular weight excluding hydrogens is 244 g/mol. The first-order valence-electron chi connectivity index (χ1n) is 4.64. The standard InChI is InChI=1S/C11H11BrO2/c12-10-4-2-1-3-8(10)9-5-6-14-11(9)7-13/h1-4,7,9,11H,5-6H2. The summed E-state index contributed by atoms with van der Waals surface area (Å²) in [6.07, 6.45) is 1.55. The summed E-state index contributed by atoms with van der Waals surface area (Å²) in [5.74, 6) is 0.211. The average Bonchev–Trinajstić information content (AvgIpc) is 2.66. The predicted octanol–water partition coefficient (Wildman–Crippen LogP) is 2.52. The molecule has 2 unspecified atom stereocenters. The molecule has 0 aromatic heterocycles. The molecule has 1 heterocycles. The van der Waals surface area contributed by atoms with Crippen molar-refractivity contribution in [3.05, 3.63) is 34.3 Å². The molecule has 2 rings (SSSR count). The van der Waals surface area contributed by atoms with Crippen LogP contribution in [0.2, 0.25) is 0 Å². The van der Waals surface area contributed by atoms with Gasteiger partial charge in [0.2, 0.25) is 0 Å². The molecule has 1 aromatic rings. The summed E-state index contributed by atoms with van der Waals surface area (Å²) in [6.45, 7) is 0.676. The van der Waals surface area contributed by atoms with Crippen LogP contribution in [0.1, 0.15) is 17.9 Å². The zero-order valence-electron chi connectivity index (χ0n) is 7.65. The maximum atomic E-state index is 10.8. The Bertz CT molecular complexity index is 338. The lowest BCUT2D eigenvalue weighted by Crippen LogP contribution is -2.15. The molecule has 74 valence electrons. The van der Waals surface area contributed by atoms with Gasteiger partial charge in [-0.2, -0.15) is 0 Å². The Hall–Kier alpha value is -0.670. The van der Waals surface area contributed by atoms with Crippen LogP contribution in [0, 0.1) is 0 Å². The second-order valence-corrected chi connectivity index (χ2v) is 4.24. The molecule has 1 saturated heterocycles. The highest BCUT2D eigenvalue weighted by molar-refractivity contribution is 9.10. The molecule has 3 heteroatoms. The number of carbonyl (C=O) groups is 1. The van der Waals surface area contributed by atoms with Crippen LogP contribution in [0.15, 0.2) is 28.7 Å². The van der Waals surface area contributed by atoms with E-state index in [1.54, 1.807) is 0 Å². The van der Waals surface area contributed by atoms with E-state index in [4.69, 9.17) is 4.74 Å². The van der Waals surface area contributed by atoms with E-state index >= 15 is 0 Å². The maximum absolute atomic E-state index is 10.8. The Morgan fingerprint density at radius 2 is 2.21 bits per heavy atom. The molecule has 0 aliphatic carbocycles. The second-order valence-electron chi connectivity index (χ2n) is 3.39. The average molecular weight is 255 g/mol. The van der Waals surface area contributed by atoms with Crippen LogP contribution >= 0.6 is 15.9 Å². The fourth-order valence-corrected chi connectivity index (χ4v) is 2.43. The monoisotopic (exact) mass is 254 g/mol. The number of halogens is 1. The van der Waals surface area contributed by atoms with Gasteiger partial charge in [0.05, 0.1) is 0 Å². The Kier molecular flexibility index (Phi) is 2.99. The summed E-state index contributed by atoms with van der Waals surface area (Å²) >= 11 is 3.49. The van der Waals surface area contributed by atoms with Gasteiger partial charge in [0.25, 0.3) is 0 Å². The molecule has 0 radical (unpaired) electrons. The number of hydrogen-bond donors (Lipinski definition) is 0. The Morgan fingerprint density at radius 1 is 1.43 bits per heavy atom. The van der Waals surface area contributed by atoms with Gasteiger partial charge in [-0.25, -0.2) is 0 Å². The molecule has 0 bridgehead atoms. The Labute approximate surface area is 91.4 Å².